The summed E-state index contributed by atoms with van der Waals surface area (Å²) in [4.78, 5) is 27.0. The first-order valence-electron chi connectivity index (χ1n) is 11.5. The molecule has 0 N–H and O–H groups in total. The van der Waals surface area contributed by atoms with Crippen LogP contribution in [0.15, 0.2) is 59.5 Å². The van der Waals surface area contributed by atoms with Crippen LogP contribution in [0.25, 0.3) is 11.8 Å². The number of carbonyl (C=O) groups is 2. The number of nitriles is 1. The van der Waals surface area contributed by atoms with Gasteiger partial charge in [0.2, 0.25) is 0 Å². The van der Waals surface area contributed by atoms with E-state index in [1.807, 2.05) is 82.3 Å². The van der Waals surface area contributed by atoms with Crippen LogP contribution in [0, 0.1) is 25.2 Å². The van der Waals surface area contributed by atoms with E-state index >= 15 is 0 Å². The monoisotopic (exact) mass is 485 g/mol. The molecule has 0 saturated carbocycles. The van der Waals surface area contributed by atoms with E-state index in [1.54, 1.807) is 6.07 Å². The Bertz CT molecular complexity index is 1350. The van der Waals surface area contributed by atoms with Crippen LogP contribution < -0.4 is 4.74 Å². The number of nitrogens with zero attached hydrogens (tertiary/aromatic N) is 3. The first kappa shape index (κ1) is 24.4. The van der Waals surface area contributed by atoms with Crippen molar-refractivity contribution in [3.05, 3.63) is 87.6 Å². The lowest BCUT2D eigenvalue weighted by molar-refractivity contribution is -0.124. The van der Waals surface area contributed by atoms with Gasteiger partial charge in [-0.05, 0) is 87.0 Å². The summed E-state index contributed by atoms with van der Waals surface area (Å²) >= 11 is 1.00. The largest absolute Gasteiger partial charge is 0.489 e. The highest BCUT2D eigenvalue weighted by atomic mass is 32.2. The van der Waals surface area contributed by atoms with Crippen molar-refractivity contribution in [3.8, 4) is 17.5 Å². The van der Waals surface area contributed by atoms with Crippen LogP contribution in [0.5, 0.6) is 5.75 Å². The molecule has 0 unspecified atom stereocenters. The van der Waals surface area contributed by atoms with Gasteiger partial charge in [-0.25, -0.2) is 0 Å². The van der Waals surface area contributed by atoms with E-state index in [0.29, 0.717) is 22.8 Å². The number of aromatic nitrogens is 1. The van der Waals surface area contributed by atoms with Crippen molar-refractivity contribution in [2.24, 2.45) is 0 Å². The fraction of sp³-hybridized carbons (Fsp3) is 0.250. The molecule has 2 heterocycles. The van der Waals surface area contributed by atoms with Crippen molar-refractivity contribution >= 4 is 29.0 Å². The Labute approximate surface area is 209 Å². The standard InChI is InChI=1S/C28H27N3O3S/c1-5-18(2)31-27(32)26(35-28(31)33)15-23-14-19(3)30(20(23)4)24-10-12-25(13-11-24)34-17-22-9-7-6-8-21(22)16-29/h6-15,18H,5,17H2,1-4H3/b26-15-/t18-/m0/s1. The lowest BCUT2D eigenvalue weighted by atomic mass is 10.1. The molecule has 2 amide bonds. The third kappa shape index (κ3) is 4.89. The predicted octanol–water partition coefficient (Wildman–Crippen LogP) is 6.38. The quantitative estimate of drug-likeness (QED) is 0.363. The lowest BCUT2D eigenvalue weighted by Gasteiger charge is -2.19. The third-order valence-corrected chi connectivity index (χ3v) is 7.12. The van der Waals surface area contributed by atoms with Crippen molar-refractivity contribution in [2.75, 3.05) is 0 Å². The maximum absolute atomic E-state index is 12.8. The normalized spacial score (nSPS) is 15.5. The van der Waals surface area contributed by atoms with Crippen LogP contribution in [0.4, 0.5) is 4.79 Å². The first-order valence-corrected chi connectivity index (χ1v) is 12.3. The minimum absolute atomic E-state index is 0.116. The molecule has 0 radical (unpaired) electrons. The number of aryl methyl sites for hydroxylation is 1. The average Bonchev–Trinajstić information content (AvgIpc) is 3.30. The SMILES string of the molecule is CC[C@H](C)N1C(=O)S/C(=C\c2cc(C)n(-c3ccc(OCc4ccccc4C#N)cc3)c2C)C1=O. The number of benzene rings is 2. The van der Waals surface area contributed by atoms with E-state index in [-0.39, 0.29) is 17.2 Å². The van der Waals surface area contributed by atoms with E-state index in [4.69, 9.17) is 4.74 Å². The van der Waals surface area contributed by atoms with Gasteiger partial charge in [-0.3, -0.25) is 14.5 Å². The number of carbonyl (C=O) groups excluding carboxylic acids is 2. The molecule has 0 bridgehead atoms. The molecule has 1 aromatic heterocycles. The second-order valence-electron chi connectivity index (χ2n) is 8.52. The molecule has 2 aromatic carbocycles. The molecular weight excluding hydrogens is 458 g/mol. The predicted molar refractivity (Wildman–Crippen MR) is 138 cm³/mol. The van der Waals surface area contributed by atoms with Crippen LogP contribution in [-0.2, 0) is 11.4 Å². The summed E-state index contributed by atoms with van der Waals surface area (Å²) < 4.78 is 8.00. The van der Waals surface area contributed by atoms with Gasteiger partial charge in [0.15, 0.2) is 0 Å². The van der Waals surface area contributed by atoms with Crippen molar-refractivity contribution in [2.45, 2.75) is 46.8 Å². The molecular formula is C28H27N3O3S. The Morgan fingerprint density at radius 1 is 1.11 bits per heavy atom. The van der Waals surface area contributed by atoms with Crippen molar-refractivity contribution < 1.29 is 14.3 Å². The van der Waals surface area contributed by atoms with Crippen molar-refractivity contribution in [3.63, 3.8) is 0 Å². The summed E-state index contributed by atoms with van der Waals surface area (Å²) in [6.45, 7) is 8.19. The Hall–Kier alpha value is -3.76. The highest BCUT2D eigenvalue weighted by Crippen LogP contribution is 2.35. The Balaban J connectivity index is 1.53. The number of hydrogen-bond donors (Lipinski definition) is 0. The number of ether oxygens (including phenoxy) is 1. The maximum atomic E-state index is 12.8. The van der Waals surface area contributed by atoms with E-state index in [0.717, 1.165) is 46.4 Å². The zero-order valence-corrected chi connectivity index (χ0v) is 21.1. The van der Waals surface area contributed by atoms with Gasteiger partial charge < -0.3 is 9.30 Å². The molecule has 1 fully saturated rings. The van der Waals surface area contributed by atoms with Gasteiger partial charge in [0.05, 0.1) is 16.5 Å². The van der Waals surface area contributed by atoms with Crippen LogP contribution in [0.2, 0.25) is 0 Å². The molecule has 4 rings (SSSR count). The minimum Gasteiger partial charge on any atom is -0.489 e. The van der Waals surface area contributed by atoms with Gasteiger partial charge in [-0.15, -0.1) is 0 Å². The summed E-state index contributed by atoms with van der Waals surface area (Å²) in [6, 6.07) is 19.3. The van der Waals surface area contributed by atoms with E-state index in [9.17, 15) is 14.9 Å². The summed E-state index contributed by atoms with van der Waals surface area (Å²) in [5, 5.41) is 9.04. The van der Waals surface area contributed by atoms with Gasteiger partial charge in [-0.1, -0.05) is 25.1 Å². The van der Waals surface area contributed by atoms with Gasteiger partial charge in [0.1, 0.15) is 12.4 Å². The van der Waals surface area contributed by atoms with Gasteiger partial charge in [-0.2, -0.15) is 5.26 Å². The number of imide groups is 1. The molecule has 1 aliphatic rings. The van der Waals surface area contributed by atoms with Crippen LogP contribution in [-0.4, -0.2) is 26.7 Å². The van der Waals surface area contributed by atoms with E-state index in [1.165, 1.54) is 4.90 Å². The molecule has 0 aliphatic carbocycles. The fourth-order valence-electron chi connectivity index (χ4n) is 4.12. The van der Waals surface area contributed by atoms with Crippen LogP contribution in [0.3, 0.4) is 0 Å². The zero-order valence-electron chi connectivity index (χ0n) is 20.2. The molecule has 35 heavy (non-hydrogen) atoms. The lowest BCUT2D eigenvalue weighted by Crippen LogP contribution is -2.36. The molecule has 178 valence electrons. The summed E-state index contributed by atoms with van der Waals surface area (Å²) in [5.41, 5.74) is 5.33. The third-order valence-electron chi connectivity index (χ3n) is 6.24. The summed E-state index contributed by atoms with van der Waals surface area (Å²) in [6.07, 6.45) is 2.54. The second-order valence-corrected chi connectivity index (χ2v) is 9.52. The van der Waals surface area contributed by atoms with E-state index in [2.05, 4.69) is 10.6 Å². The Morgan fingerprint density at radius 3 is 2.51 bits per heavy atom. The van der Waals surface area contributed by atoms with Gasteiger partial charge >= 0.3 is 0 Å². The molecule has 1 aliphatic heterocycles. The van der Waals surface area contributed by atoms with Crippen LogP contribution >= 0.6 is 11.8 Å². The zero-order chi connectivity index (χ0) is 25.1. The summed E-state index contributed by atoms with van der Waals surface area (Å²) in [7, 11) is 0. The number of amides is 2. The average molecular weight is 486 g/mol. The Morgan fingerprint density at radius 2 is 1.83 bits per heavy atom. The first-order chi connectivity index (χ1) is 16.8. The number of thioether (sulfide) groups is 1. The molecule has 6 nitrogen and oxygen atoms in total. The number of rotatable bonds is 7. The highest BCUT2D eigenvalue weighted by Gasteiger charge is 2.37. The highest BCUT2D eigenvalue weighted by molar-refractivity contribution is 8.18. The van der Waals surface area contributed by atoms with Crippen LogP contribution in [0.1, 0.15) is 48.3 Å². The van der Waals surface area contributed by atoms with Gasteiger partial charge in [0.25, 0.3) is 11.1 Å². The minimum atomic E-state index is -0.223. The molecule has 3 aromatic rings. The molecule has 7 heteroatoms. The van der Waals surface area contributed by atoms with Gasteiger partial charge in [0, 0.05) is 28.7 Å². The Kier molecular flexibility index (Phi) is 7.13. The smallest absolute Gasteiger partial charge is 0.293 e. The van der Waals surface area contributed by atoms with E-state index < -0.39 is 0 Å². The second kappa shape index (κ2) is 10.2. The summed E-state index contributed by atoms with van der Waals surface area (Å²) in [5.74, 6) is 0.488. The molecule has 1 atom stereocenters. The van der Waals surface area contributed by atoms with Crippen molar-refractivity contribution in [1.82, 2.24) is 9.47 Å². The fourth-order valence-corrected chi connectivity index (χ4v) is 5.04. The molecule has 1 saturated heterocycles. The topological polar surface area (TPSA) is 75.3 Å². The molecule has 0 spiro atoms. The maximum Gasteiger partial charge on any atom is 0.293 e. The van der Waals surface area contributed by atoms with Crippen molar-refractivity contribution in [1.29, 1.82) is 5.26 Å². The number of hydrogen-bond acceptors (Lipinski definition) is 5.